The molecule has 0 aliphatic heterocycles. The van der Waals surface area contributed by atoms with Gasteiger partial charge in [0.2, 0.25) is 0 Å². The van der Waals surface area contributed by atoms with Crippen molar-refractivity contribution in [1.82, 2.24) is 9.55 Å². The molecule has 114 valence electrons. The summed E-state index contributed by atoms with van der Waals surface area (Å²) in [6.07, 6.45) is 1.30. The molecule has 8 heteroatoms. The second-order valence-corrected chi connectivity index (χ2v) is 7.79. The zero-order valence-corrected chi connectivity index (χ0v) is 13.7. The number of benzene rings is 1. The molecule has 2 aromatic rings. The predicted molar refractivity (Wildman–Crippen MR) is 79.9 cm³/mol. The van der Waals surface area contributed by atoms with Crippen molar-refractivity contribution in [2.24, 2.45) is 0 Å². The van der Waals surface area contributed by atoms with E-state index < -0.39 is 14.9 Å². The maximum Gasteiger partial charge on any atom is 0.280 e. The molecule has 1 heterocycles. The number of halogens is 3. The van der Waals surface area contributed by atoms with E-state index in [0.717, 1.165) is 0 Å². The normalized spacial score (nSPS) is 12.1. The lowest BCUT2D eigenvalue weighted by Gasteiger charge is -2.11. The predicted octanol–water partition coefficient (Wildman–Crippen LogP) is 3.77. The fraction of sp³-hybridized carbons (Fsp3) is 0.308. The Kier molecular flexibility index (Phi) is 4.60. The smallest absolute Gasteiger partial charge is 0.280 e. The summed E-state index contributed by atoms with van der Waals surface area (Å²) in [6.45, 7) is 3.84. The third-order valence-corrected chi connectivity index (χ3v) is 4.39. The van der Waals surface area contributed by atoms with Crippen molar-refractivity contribution in [3.8, 4) is 0 Å². The van der Waals surface area contributed by atoms with Crippen LogP contribution in [0.25, 0.3) is 0 Å². The molecule has 0 saturated heterocycles. The molecule has 0 N–H and O–H groups in total. The van der Waals surface area contributed by atoms with Gasteiger partial charge in [0.05, 0.1) is 11.6 Å². The highest BCUT2D eigenvalue weighted by Gasteiger charge is 2.20. The van der Waals surface area contributed by atoms with Crippen LogP contribution in [-0.2, 0) is 15.6 Å². The van der Waals surface area contributed by atoms with E-state index in [2.05, 4.69) is 4.98 Å². The lowest BCUT2D eigenvalue weighted by atomic mass is 10.2. The molecule has 0 aliphatic rings. The van der Waals surface area contributed by atoms with Gasteiger partial charge in [-0.3, -0.25) is 0 Å². The van der Waals surface area contributed by atoms with Gasteiger partial charge in [0.1, 0.15) is 11.6 Å². The second kappa shape index (κ2) is 5.94. The van der Waals surface area contributed by atoms with E-state index in [9.17, 15) is 12.8 Å². The Labute approximate surface area is 131 Å². The van der Waals surface area contributed by atoms with E-state index in [-0.39, 0.29) is 22.5 Å². The second-order valence-electron chi connectivity index (χ2n) is 4.87. The van der Waals surface area contributed by atoms with Crippen LogP contribution >= 0.6 is 22.3 Å². The third-order valence-electron chi connectivity index (χ3n) is 2.92. The minimum Gasteiger partial charge on any atom is -0.329 e. The Morgan fingerprint density at radius 2 is 2.05 bits per heavy atom. The van der Waals surface area contributed by atoms with Crippen molar-refractivity contribution in [3.05, 3.63) is 46.6 Å². The average Bonchev–Trinajstić information content (AvgIpc) is 2.79. The highest BCUT2D eigenvalue weighted by Crippen LogP contribution is 2.23. The molecule has 2 rings (SSSR count). The van der Waals surface area contributed by atoms with Crippen LogP contribution in [0.5, 0.6) is 0 Å². The summed E-state index contributed by atoms with van der Waals surface area (Å²) in [5.74, 6) is -0.0640. The molecule has 0 saturated carbocycles. The molecule has 0 aliphatic carbocycles. The third kappa shape index (κ3) is 3.56. The van der Waals surface area contributed by atoms with Crippen LogP contribution in [0.4, 0.5) is 4.39 Å². The maximum absolute atomic E-state index is 14.0. The lowest BCUT2D eigenvalue weighted by Crippen LogP contribution is -2.07. The fourth-order valence-electron chi connectivity index (χ4n) is 1.96. The molecule has 0 unspecified atom stereocenters. The Morgan fingerprint density at radius 3 is 2.62 bits per heavy atom. The molecular weight excluding hydrogens is 338 g/mol. The first-order chi connectivity index (χ1) is 9.70. The summed E-state index contributed by atoms with van der Waals surface area (Å²) in [6, 6.07) is 4.67. The van der Waals surface area contributed by atoms with Gasteiger partial charge in [0, 0.05) is 28.4 Å². The summed E-state index contributed by atoms with van der Waals surface area (Å²) in [5.41, 5.74) is 0.348. The first-order valence-corrected chi connectivity index (χ1v) is 8.83. The number of hydrogen-bond acceptors (Lipinski definition) is 3. The van der Waals surface area contributed by atoms with Gasteiger partial charge in [0.25, 0.3) is 9.05 Å². The average molecular weight is 351 g/mol. The Balaban J connectivity index is 2.48. The van der Waals surface area contributed by atoms with Crippen LogP contribution in [-0.4, -0.2) is 18.0 Å². The first kappa shape index (κ1) is 16.3. The summed E-state index contributed by atoms with van der Waals surface area (Å²) < 4.78 is 38.3. The molecule has 0 amide bonds. The Morgan fingerprint density at radius 1 is 1.38 bits per heavy atom. The Bertz CT molecular complexity index is 772. The van der Waals surface area contributed by atoms with E-state index in [0.29, 0.717) is 11.4 Å². The van der Waals surface area contributed by atoms with Crippen LogP contribution in [0.15, 0.2) is 29.4 Å². The van der Waals surface area contributed by atoms with Crippen LogP contribution in [0, 0.1) is 5.82 Å². The fourth-order valence-corrected chi connectivity index (χ4v) is 2.84. The zero-order valence-electron chi connectivity index (χ0n) is 11.3. The number of imidazole rings is 1. The van der Waals surface area contributed by atoms with Gasteiger partial charge in [-0.05, 0) is 6.07 Å². The minimum atomic E-state index is -3.93. The minimum absolute atomic E-state index is 0.0175. The van der Waals surface area contributed by atoms with Gasteiger partial charge in [0.15, 0.2) is 5.03 Å². The van der Waals surface area contributed by atoms with Gasteiger partial charge in [-0.15, -0.1) is 0 Å². The quantitative estimate of drug-likeness (QED) is 0.788. The van der Waals surface area contributed by atoms with Gasteiger partial charge in [-0.2, -0.15) is 0 Å². The lowest BCUT2D eigenvalue weighted by molar-refractivity contribution is 0.589. The maximum atomic E-state index is 14.0. The van der Waals surface area contributed by atoms with Crippen molar-refractivity contribution < 1.29 is 12.8 Å². The molecule has 4 nitrogen and oxygen atoms in total. The van der Waals surface area contributed by atoms with E-state index in [1.807, 2.05) is 13.8 Å². The largest absolute Gasteiger partial charge is 0.329 e. The number of hydrogen-bond donors (Lipinski definition) is 0. The van der Waals surface area contributed by atoms with Gasteiger partial charge in [-0.25, -0.2) is 17.8 Å². The monoisotopic (exact) mass is 350 g/mol. The number of aromatic nitrogens is 2. The molecule has 1 aromatic heterocycles. The van der Waals surface area contributed by atoms with Crippen LogP contribution in [0.3, 0.4) is 0 Å². The van der Waals surface area contributed by atoms with Crippen molar-refractivity contribution in [3.63, 3.8) is 0 Å². The zero-order chi connectivity index (χ0) is 15.8. The summed E-state index contributed by atoms with van der Waals surface area (Å²) in [7, 11) is 1.38. The topological polar surface area (TPSA) is 52.0 Å². The van der Waals surface area contributed by atoms with Gasteiger partial charge < -0.3 is 4.57 Å². The molecule has 0 atom stereocenters. The van der Waals surface area contributed by atoms with Gasteiger partial charge >= 0.3 is 0 Å². The van der Waals surface area contributed by atoms with Gasteiger partial charge in [-0.1, -0.05) is 37.6 Å². The van der Waals surface area contributed by atoms with E-state index in [1.165, 1.54) is 12.3 Å². The molecular formula is C13H13Cl2FN2O2S. The molecule has 0 fully saturated rings. The highest BCUT2D eigenvalue weighted by atomic mass is 35.7. The van der Waals surface area contributed by atoms with E-state index in [1.54, 1.807) is 16.7 Å². The molecule has 0 radical (unpaired) electrons. The standard InChI is InChI=1S/C13H13Cl2FN2O2S/c1-8(2)13-17-11(21(15,19)20)7-18(13)6-9-4-3-5-10(14)12(9)16/h3-5,7-8H,6H2,1-2H3. The molecule has 1 aromatic carbocycles. The SMILES string of the molecule is CC(C)c1nc(S(=O)(=O)Cl)cn1Cc1cccc(Cl)c1F. The first-order valence-electron chi connectivity index (χ1n) is 6.14. The molecule has 21 heavy (non-hydrogen) atoms. The Hall–Kier alpha value is -1.11. The van der Waals surface area contributed by atoms with Crippen LogP contribution in [0.1, 0.15) is 31.2 Å². The number of nitrogens with zero attached hydrogens (tertiary/aromatic N) is 2. The highest BCUT2D eigenvalue weighted by molar-refractivity contribution is 8.13. The van der Waals surface area contributed by atoms with Crippen LogP contribution < -0.4 is 0 Å². The summed E-state index contributed by atoms with van der Waals surface area (Å²) in [5, 5.41) is -0.223. The van der Waals surface area contributed by atoms with E-state index >= 15 is 0 Å². The van der Waals surface area contributed by atoms with Crippen molar-refractivity contribution in [1.29, 1.82) is 0 Å². The molecule has 0 spiro atoms. The summed E-state index contributed by atoms with van der Waals surface area (Å²) >= 11 is 5.74. The van der Waals surface area contributed by atoms with Crippen molar-refractivity contribution >= 4 is 31.3 Å². The van der Waals surface area contributed by atoms with Crippen molar-refractivity contribution in [2.45, 2.75) is 31.3 Å². The summed E-state index contributed by atoms with van der Waals surface area (Å²) in [4.78, 5) is 4.02. The molecule has 0 bridgehead atoms. The van der Waals surface area contributed by atoms with Crippen LogP contribution in [0.2, 0.25) is 5.02 Å². The number of rotatable bonds is 4. The van der Waals surface area contributed by atoms with E-state index in [4.69, 9.17) is 22.3 Å². The van der Waals surface area contributed by atoms with Crippen molar-refractivity contribution in [2.75, 3.05) is 0 Å².